The molecule has 1 aliphatic rings. The molecule has 3 aromatic rings. The predicted molar refractivity (Wildman–Crippen MR) is 121 cm³/mol. The summed E-state index contributed by atoms with van der Waals surface area (Å²) >= 11 is 13.0. The minimum atomic E-state index is -0.271. The Balaban J connectivity index is 1.94. The van der Waals surface area contributed by atoms with E-state index < -0.39 is 0 Å². The number of halogens is 3. The van der Waals surface area contributed by atoms with Gasteiger partial charge in [0.05, 0.1) is 24.4 Å². The highest BCUT2D eigenvalue weighted by Crippen LogP contribution is 2.48. The first-order valence-corrected chi connectivity index (χ1v) is 11.1. The minimum absolute atomic E-state index is 0.0854. The number of nitrogens with zero attached hydrogens (tertiary/aromatic N) is 1. The molecule has 2 aromatic carbocycles. The van der Waals surface area contributed by atoms with Crippen LogP contribution in [-0.2, 0) is 6.42 Å². The number of methoxy groups -OCH3 is 2. The number of aromatic amines is 1. The molecule has 8 heteroatoms. The molecule has 4 nitrogen and oxygen atoms in total. The van der Waals surface area contributed by atoms with Gasteiger partial charge in [0.2, 0.25) is 0 Å². The topological polar surface area (TPSA) is 39.2 Å². The Kier molecular flexibility index (Phi) is 5.86. The van der Waals surface area contributed by atoms with Crippen molar-refractivity contribution in [1.29, 1.82) is 0 Å². The van der Waals surface area contributed by atoms with Crippen LogP contribution in [0.5, 0.6) is 11.5 Å². The zero-order valence-corrected chi connectivity index (χ0v) is 19.9. The molecule has 0 saturated carbocycles. The smallest absolute Gasteiger partial charge is 0.182 e. The summed E-state index contributed by atoms with van der Waals surface area (Å²) in [6, 6.07) is 8.43. The van der Waals surface area contributed by atoms with Gasteiger partial charge in [0.15, 0.2) is 16.3 Å². The number of imidazole rings is 1. The van der Waals surface area contributed by atoms with Crippen LogP contribution in [0.4, 0.5) is 4.39 Å². The fourth-order valence-corrected chi connectivity index (χ4v) is 5.50. The van der Waals surface area contributed by atoms with Crippen molar-refractivity contribution in [2.24, 2.45) is 0 Å². The van der Waals surface area contributed by atoms with Crippen molar-refractivity contribution < 1.29 is 13.9 Å². The zero-order chi connectivity index (χ0) is 20.7. The number of aryl methyl sites for hydroxylation is 1. The van der Waals surface area contributed by atoms with Crippen LogP contribution in [0.1, 0.15) is 35.7 Å². The molecule has 29 heavy (non-hydrogen) atoms. The third-order valence-corrected chi connectivity index (χ3v) is 7.73. The Hall–Kier alpha value is -1.64. The highest BCUT2D eigenvalue weighted by Gasteiger charge is 2.31. The Morgan fingerprint density at radius 2 is 1.86 bits per heavy atom. The number of aromatic nitrogens is 2. The Morgan fingerprint density at radius 3 is 2.52 bits per heavy atom. The molecule has 0 radical (unpaired) electrons. The first-order chi connectivity index (χ1) is 14.0. The lowest BCUT2D eigenvalue weighted by molar-refractivity contribution is 0.352. The van der Waals surface area contributed by atoms with E-state index in [1.54, 1.807) is 26.4 Å². The third kappa shape index (κ3) is 3.55. The summed E-state index contributed by atoms with van der Waals surface area (Å²) in [5, 5.41) is 0. The van der Waals surface area contributed by atoms with Crippen LogP contribution in [0.15, 0.2) is 39.3 Å². The molecule has 0 saturated heterocycles. The Bertz CT molecular complexity index is 1130. The number of nitrogens with one attached hydrogen (secondary N) is 1. The van der Waals surface area contributed by atoms with Gasteiger partial charge in [0.25, 0.3) is 0 Å². The molecule has 1 aliphatic carbocycles. The molecule has 4 rings (SSSR count). The van der Waals surface area contributed by atoms with Crippen LogP contribution in [0, 0.1) is 10.6 Å². The minimum Gasteiger partial charge on any atom is -0.493 e. The Morgan fingerprint density at radius 1 is 1.14 bits per heavy atom. The first-order valence-electron chi connectivity index (χ1n) is 9.15. The van der Waals surface area contributed by atoms with E-state index >= 15 is 0 Å². The molecule has 0 aliphatic heterocycles. The fraction of sp³-hybridized carbons (Fsp3) is 0.286. The number of hydrogen-bond donors (Lipinski definition) is 1. The number of H-pyrrole nitrogens is 1. The van der Waals surface area contributed by atoms with E-state index in [0.29, 0.717) is 16.3 Å². The van der Waals surface area contributed by atoms with Crippen molar-refractivity contribution in [2.75, 3.05) is 14.2 Å². The normalized spacial score (nSPS) is 15.8. The molecular formula is C21H19Br2FN2O2S. The average molecular weight is 542 g/mol. The molecule has 0 bridgehead atoms. The van der Waals surface area contributed by atoms with Crippen LogP contribution < -0.4 is 9.47 Å². The van der Waals surface area contributed by atoms with Gasteiger partial charge < -0.3 is 14.5 Å². The maximum atomic E-state index is 13.5. The number of ether oxygens (including phenoxy) is 2. The molecule has 1 unspecified atom stereocenters. The molecule has 152 valence electrons. The number of fused-ring (bicyclic) bond motifs is 1. The van der Waals surface area contributed by atoms with Crippen molar-refractivity contribution >= 4 is 44.1 Å². The van der Waals surface area contributed by atoms with Crippen LogP contribution in [0.3, 0.4) is 0 Å². The van der Waals surface area contributed by atoms with E-state index in [9.17, 15) is 4.39 Å². The second-order valence-corrected chi connectivity index (χ2v) is 8.85. The van der Waals surface area contributed by atoms with Crippen LogP contribution in [0.2, 0.25) is 0 Å². The fourth-order valence-electron chi connectivity index (χ4n) is 4.02. The molecule has 1 atom stereocenters. The van der Waals surface area contributed by atoms with E-state index in [1.807, 2.05) is 10.6 Å². The highest BCUT2D eigenvalue weighted by atomic mass is 79.9. The summed E-state index contributed by atoms with van der Waals surface area (Å²) < 4.78 is 28.9. The summed E-state index contributed by atoms with van der Waals surface area (Å²) in [4.78, 5) is 3.36. The van der Waals surface area contributed by atoms with Gasteiger partial charge in [-0.3, -0.25) is 4.57 Å². The van der Waals surface area contributed by atoms with E-state index in [1.165, 1.54) is 12.1 Å². The Labute approximate surface area is 190 Å². The van der Waals surface area contributed by atoms with Crippen molar-refractivity contribution in [1.82, 2.24) is 9.55 Å². The van der Waals surface area contributed by atoms with Crippen molar-refractivity contribution in [3.05, 3.63) is 66.8 Å². The molecule has 1 aromatic heterocycles. The monoisotopic (exact) mass is 540 g/mol. The summed E-state index contributed by atoms with van der Waals surface area (Å²) in [6.45, 7) is 0. The number of rotatable bonds is 4. The first kappa shape index (κ1) is 20.6. The zero-order valence-electron chi connectivity index (χ0n) is 15.9. The van der Waals surface area contributed by atoms with Gasteiger partial charge in [0.1, 0.15) is 5.82 Å². The quantitative estimate of drug-likeness (QED) is 0.374. The maximum Gasteiger partial charge on any atom is 0.182 e. The predicted octanol–water partition coefficient (Wildman–Crippen LogP) is 6.68. The standard InChI is InChI=1S/C21H19Br2FN2O2S/c1-27-16-10-14(17(22)18(23)20(16)28-2)13-4-3-5-15-19(13)26(21(29)25-15)12-8-6-11(24)7-9-12/h6-10,13H,3-5H2,1-2H3,(H,25,29). The molecule has 1 heterocycles. The van der Waals surface area contributed by atoms with Gasteiger partial charge in [-0.1, -0.05) is 0 Å². The van der Waals surface area contributed by atoms with E-state index in [4.69, 9.17) is 21.7 Å². The van der Waals surface area contributed by atoms with E-state index in [0.717, 1.165) is 50.8 Å². The number of hydrogen-bond acceptors (Lipinski definition) is 3. The van der Waals surface area contributed by atoms with Gasteiger partial charge in [0, 0.05) is 21.8 Å². The van der Waals surface area contributed by atoms with E-state index in [2.05, 4.69) is 36.8 Å². The van der Waals surface area contributed by atoms with E-state index in [-0.39, 0.29) is 11.7 Å². The maximum absolute atomic E-state index is 13.5. The average Bonchev–Trinajstić information content (AvgIpc) is 3.06. The molecule has 0 fully saturated rings. The van der Waals surface area contributed by atoms with Crippen LogP contribution in [0.25, 0.3) is 5.69 Å². The molecule has 0 spiro atoms. The summed E-state index contributed by atoms with van der Waals surface area (Å²) in [7, 11) is 3.25. The SMILES string of the molecule is COc1cc(C2CCCc3[nH]c(=S)n(-c4ccc(F)cc4)c32)c(Br)c(Br)c1OC. The van der Waals surface area contributed by atoms with Gasteiger partial charge in [-0.2, -0.15) is 0 Å². The highest BCUT2D eigenvalue weighted by molar-refractivity contribution is 9.13. The van der Waals surface area contributed by atoms with Crippen molar-refractivity contribution in [2.45, 2.75) is 25.2 Å². The van der Waals surface area contributed by atoms with Crippen LogP contribution >= 0.6 is 44.1 Å². The lowest BCUT2D eigenvalue weighted by Crippen LogP contribution is -2.16. The van der Waals surface area contributed by atoms with Crippen molar-refractivity contribution in [3.63, 3.8) is 0 Å². The lowest BCUT2D eigenvalue weighted by Gasteiger charge is -2.27. The van der Waals surface area contributed by atoms with Crippen LogP contribution in [-0.4, -0.2) is 23.8 Å². The molecule has 1 N–H and O–H groups in total. The van der Waals surface area contributed by atoms with Crippen molar-refractivity contribution in [3.8, 4) is 17.2 Å². The summed E-state index contributed by atoms with van der Waals surface area (Å²) in [5.41, 5.74) is 4.15. The number of benzene rings is 2. The summed E-state index contributed by atoms with van der Waals surface area (Å²) in [6.07, 6.45) is 2.92. The van der Waals surface area contributed by atoms with Gasteiger partial charge in [-0.15, -0.1) is 0 Å². The second-order valence-electron chi connectivity index (χ2n) is 6.88. The second kappa shape index (κ2) is 8.24. The largest absolute Gasteiger partial charge is 0.493 e. The van der Waals surface area contributed by atoms with Gasteiger partial charge in [-0.05, 0) is 99.2 Å². The third-order valence-electron chi connectivity index (χ3n) is 5.30. The molecule has 0 amide bonds. The van der Waals surface area contributed by atoms with Gasteiger partial charge in [-0.25, -0.2) is 4.39 Å². The lowest BCUT2D eigenvalue weighted by atomic mass is 9.84. The molecular weight excluding hydrogens is 523 g/mol. The summed E-state index contributed by atoms with van der Waals surface area (Å²) in [5.74, 6) is 1.12. The van der Waals surface area contributed by atoms with Gasteiger partial charge >= 0.3 is 0 Å².